The van der Waals surface area contributed by atoms with E-state index in [1.54, 1.807) is 0 Å². The van der Waals surface area contributed by atoms with Crippen LogP contribution in [0.25, 0.3) is 0 Å². The van der Waals surface area contributed by atoms with Crippen LogP contribution < -0.4 is 5.32 Å². The van der Waals surface area contributed by atoms with E-state index in [0.717, 1.165) is 25.7 Å². The van der Waals surface area contributed by atoms with Gasteiger partial charge in [-0.2, -0.15) is 0 Å². The third-order valence-corrected chi connectivity index (χ3v) is 3.61. The lowest BCUT2D eigenvalue weighted by molar-refractivity contribution is -0.125. The molecule has 0 spiro atoms. The van der Waals surface area contributed by atoms with Crippen molar-refractivity contribution < 1.29 is 14.7 Å². The van der Waals surface area contributed by atoms with Crippen molar-refractivity contribution in [3.05, 3.63) is 0 Å². The number of carbonyl (C=O) groups excluding carboxylic acids is 2. The molecule has 4 heteroatoms. The topological polar surface area (TPSA) is 66.4 Å². The highest BCUT2D eigenvalue weighted by Crippen LogP contribution is 2.35. The Morgan fingerprint density at radius 3 is 2.35 bits per heavy atom. The van der Waals surface area contributed by atoms with Crippen LogP contribution in [-0.4, -0.2) is 29.9 Å². The van der Waals surface area contributed by atoms with Gasteiger partial charge in [0.25, 0.3) is 0 Å². The van der Waals surface area contributed by atoms with Crippen molar-refractivity contribution in [2.75, 3.05) is 13.2 Å². The lowest BCUT2D eigenvalue weighted by Crippen LogP contribution is -2.41. The first-order valence-corrected chi connectivity index (χ1v) is 6.45. The average Bonchev–Trinajstić information content (AvgIpc) is 2.35. The fraction of sp³-hybridized carbons (Fsp3) is 0.846. The van der Waals surface area contributed by atoms with Crippen molar-refractivity contribution in [1.29, 1.82) is 0 Å². The Morgan fingerprint density at radius 1 is 1.18 bits per heavy atom. The van der Waals surface area contributed by atoms with Crippen molar-refractivity contribution in [1.82, 2.24) is 5.32 Å². The van der Waals surface area contributed by atoms with Gasteiger partial charge in [-0.05, 0) is 19.8 Å². The average molecular weight is 241 g/mol. The first kappa shape index (κ1) is 14.2. The number of aliphatic hydroxyl groups excluding tert-OH is 1. The Labute approximate surface area is 103 Å². The molecule has 1 rings (SSSR count). The molecule has 0 aromatic carbocycles. The highest BCUT2D eigenvalue weighted by Gasteiger charge is 2.31. The third-order valence-electron chi connectivity index (χ3n) is 3.61. The molecule has 0 heterocycles. The predicted molar refractivity (Wildman–Crippen MR) is 65.5 cm³/mol. The molecule has 98 valence electrons. The third kappa shape index (κ3) is 4.86. The van der Waals surface area contributed by atoms with E-state index in [1.807, 2.05) is 0 Å². The van der Waals surface area contributed by atoms with Crippen molar-refractivity contribution >= 4 is 11.7 Å². The van der Waals surface area contributed by atoms with Gasteiger partial charge in [0.1, 0.15) is 5.78 Å². The quantitative estimate of drug-likeness (QED) is 0.739. The normalized spacial score (nSPS) is 18.7. The van der Waals surface area contributed by atoms with Gasteiger partial charge in [0.15, 0.2) is 0 Å². The maximum Gasteiger partial charge on any atom is 0.220 e. The fourth-order valence-corrected chi connectivity index (χ4v) is 2.36. The van der Waals surface area contributed by atoms with Crippen LogP contribution >= 0.6 is 0 Å². The van der Waals surface area contributed by atoms with E-state index >= 15 is 0 Å². The van der Waals surface area contributed by atoms with Gasteiger partial charge in [0.05, 0.1) is 6.61 Å². The Bertz CT molecular complexity index is 270. The standard InChI is InChI=1S/C13H23NO3/c1-11(16)5-6-12(17)14-9-13(10-15)7-3-2-4-8-13/h15H,2-10H2,1H3,(H,14,17). The molecule has 0 aromatic rings. The first-order chi connectivity index (χ1) is 8.08. The number of aliphatic hydroxyl groups is 1. The molecule has 1 aliphatic rings. The predicted octanol–water partition coefficient (Wildman–Crippen LogP) is 1.41. The lowest BCUT2D eigenvalue weighted by atomic mass is 9.74. The molecule has 0 atom stereocenters. The summed E-state index contributed by atoms with van der Waals surface area (Å²) in [7, 11) is 0. The van der Waals surface area contributed by atoms with E-state index in [1.165, 1.54) is 13.3 Å². The van der Waals surface area contributed by atoms with E-state index in [9.17, 15) is 14.7 Å². The van der Waals surface area contributed by atoms with Gasteiger partial charge < -0.3 is 15.2 Å². The first-order valence-electron chi connectivity index (χ1n) is 6.45. The van der Waals surface area contributed by atoms with Crippen molar-refractivity contribution in [2.24, 2.45) is 5.41 Å². The molecular formula is C13H23NO3. The van der Waals surface area contributed by atoms with Gasteiger partial charge in [-0.25, -0.2) is 0 Å². The molecule has 1 amide bonds. The molecule has 0 aliphatic heterocycles. The minimum atomic E-state index is -0.121. The van der Waals surface area contributed by atoms with Crippen LogP contribution in [0.15, 0.2) is 0 Å². The van der Waals surface area contributed by atoms with Gasteiger partial charge in [-0.15, -0.1) is 0 Å². The van der Waals surface area contributed by atoms with Crippen LogP contribution in [0.5, 0.6) is 0 Å². The van der Waals surface area contributed by atoms with Gasteiger partial charge in [0.2, 0.25) is 5.91 Å². The van der Waals surface area contributed by atoms with E-state index in [-0.39, 0.29) is 30.1 Å². The minimum Gasteiger partial charge on any atom is -0.396 e. The van der Waals surface area contributed by atoms with Crippen molar-refractivity contribution in [2.45, 2.75) is 51.9 Å². The number of nitrogens with one attached hydrogen (secondary N) is 1. The minimum absolute atomic E-state index is 0.0367. The van der Waals surface area contributed by atoms with Crippen LogP contribution in [0.3, 0.4) is 0 Å². The maximum atomic E-state index is 11.5. The Hall–Kier alpha value is -0.900. The van der Waals surface area contributed by atoms with Crippen molar-refractivity contribution in [3.63, 3.8) is 0 Å². The summed E-state index contributed by atoms with van der Waals surface area (Å²) in [4.78, 5) is 22.3. The van der Waals surface area contributed by atoms with E-state index in [0.29, 0.717) is 13.0 Å². The summed E-state index contributed by atoms with van der Waals surface area (Å²) in [5.41, 5.74) is -0.121. The molecule has 0 aromatic heterocycles. The summed E-state index contributed by atoms with van der Waals surface area (Å²) in [5, 5.41) is 12.3. The molecule has 0 saturated heterocycles. The smallest absolute Gasteiger partial charge is 0.220 e. The Balaban J connectivity index is 2.31. The SMILES string of the molecule is CC(=O)CCC(=O)NCC1(CO)CCCCC1. The maximum absolute atomic E-state index is 11.5. The largest absolute Gasteiger partial charge is 0.396 e. The molecule has 4 nitrogen and oxygen atoms in total. The van der Waals surface area contributed by atoms with Crippen LogP contribution in [0, 0.1) is 5.41 Å². The highest BCUT2D eigenvalue weighted by atomic mass is 16.3. The molecule has 0 bridgehead atoms. The van der Waals surface area contributed by atoms with Crippen LogP contribution in [0.1, 0.15) is 51.9 Å². The van der Waals surface area contributed by atoms with Crippen LogP contribution in [0.4, 0.5) is 0 Å². The second-order valence-electron chi connectivity index (χ2n) is 5.20. The fourth-order valence-electron chi connectivity index (χ4n) is 2.36. The molecule has 2 N–H and O–H groups in total. The van der Waals surface area contributed by atoms with Gasteiger partial charge in [0, 0.05) is 24.8 Å². The lowest BCUT2D eigenvalue weighted by Gasteiger charge is -2.35. The molecule has 0 radical (unpaired) electrons. The molecule has 1 aliphatic carbocycles. The Morgan fingerprint density at radius 2 is 1.82 bits per heavy atom. The van der Waals surface area contributed by atoms with E-state index in [2.05, 4.69) is 5.32 Å². The zero-order valence-electron chi connectivity index (χ0n) is 10.6. The van der Waals surface area contributed by atoms with Crippen LogP contribution in [0.2, 0.25) is 0 Å². The van der Waals surface area contributed by atoms with Gasteiger partial charge >= 0.3 is 0 Å². The summed E-state index contributed by atoms with van der Waals surface area (Å²) in [5.74, 6) is -0.0479. The van der Waals surface area contributed by atoms with Crippen molar-refractivity contribution in [3.8, 4) is 0 Å². The summed E-state index contributed by atoms with van der Waals surface area (Å²) < 4.78 is 0. The number of hydrogen-bond donors (Lipinski definition) is 2. The van der Waals surface area contributed by atoms with Crippen LogP contribution in [-0.2, 0) is 9.59 Å². The summed E-state index contributed by atoms with van der Waals surface area (Å²) in [6, 6.07) is 0. The van der Waals surface area contributed by atoms with E-state index in [4.69, 9.17) is 0 Å². The summed E-state index contributed by atoms with van der Waals surface area (Å²) in [6.45, 7) is 2.17. The number of carbonyl (C=O) groups is 2. The van der Waals surface area contributed by atoms with Gasteiger partial charge in [-0.1, -0.05) is 19.3 Å². The van der Waals surface area contributed by atoms with Gasteiger partial charge in [-0.3, -0.25) is 4.79 Å². The monoisotopic (exact) mass is 241 g/mol. The molecule has 1 saturated carbocycles. The van der Waals surface area contributed by atoms with E-state index < -0.39 is 0 Å². The molecular weight excluding hydrogens is 218 g/mol. The summed E-state index contributed by atoms with van der Waals surface area (Å²) >= 11 is 0. The zero-order chi connectivity index (χ0) is 12.7. The number of rotatable bonds is 6. The number of Topliss-reactive ketones (excluding diaryl/α,β-unsaturated/α-hetero) is 1. The highest BCUT2D eigenvalue weighted by molar-refractivity contribution is 5.83. The number of amides is 1. The second kappa shape index (κ2) is 6.74. The Kier molecular flexibility index (Phi) is 5.62. The summed E-state index contributed by atoms with van der Waals surface area (Å²) in [6.07, 6.45) is 6.01. The molecule has 0 unspecified atom stereocenters. The zero-order valence-corrected chi connectivity index (χ0v) is 10.6. The second-order valence-corrected chi connectivity index (χ2v) is 5.20. The molecule has 1 fully saturated rings. The number of ketones is 1. The number of hydrogen-bond acceptors (Lipinski definition) is 3. The molecule has 17 heavy (non-hydrogen) atoms.